The normalized spacial score (nSPS) is 19.4. The lowest BCUT2D eigenvalue weighted by Gasteiger charge is -2.33. The topological polar surface area (TPSA) is 53.9 Å². The van der Waals surface area contributed by atoms with Crippen molar-refractivity contribution in [3.05, 3.63) is 71.8 Å². The zero-order valence-electron chi connectivity index (χ0n) is 14.6. The molecule has 1 N–H and O–H groups in total. The molecular weight excluding hydrogens is 324 g/mol. The lowest BCUT2D eigenvalue weighted by atomic mass is 9.87. The van der Waals surface area contributed by atoms with Crippen LogP contribution in [-0.2, 0) is 6.54 Å². The molecule has 5 rings (SSSR count). The summed E-state index contributed by atoms with van der Waals surface area (Å²) in [5.74, 6) is 1.09. The number of nitrogens with one attached hydrogen (secondary N) is 1. The van der Waals surface area contributed by atoms with Crippen LogP contribution in [0.15, 0.2) is 54.9 Å². The van der Waals surface area contributed by atoms with Crippen molar-refractivity contribution in [3.63, 3.8) is 0 Å². The largest absolute Gasteiger partial charge is 0.357 e. The average Bonchev–Trinajstić information content (AvgIpc) is 3.12. The molecule has 3 heterocycles. The van der Waals surface area contributed by atoms with Gasteiger partial charge >= 0.3 is 0 Å². The minimum absolute atomic E-state index is 0.0279. The Hall–Kier alpha value is -2.82. The zero-order valence-corrected chi connectivity index (χ0v) is 14.6. The summed E-state index contributed by atoms with van der Waals surface area (Å²) < 4.78 is 2.09. The van der Waals surface area contributed by atoms with Gasteiger partial charge in [-0.15, -0.1) is 0 Å². The lowest BCUT2D eigenvalue weighted by molar-refractivity contribution is 0.0980. The number of H-pyrrole nitrogens is 1. The number of para-hydroxylation sites is 1. The summed E-state index contributed by atoms with van der Waals surface area (Å²) in [4.78, 5) is 17.8. The van der Waals surface area contributed by atoms with Crippen molar-refractivity contribution in [1.29, 1.82) is 0 Å². The first-order chi connectivity index (χ1) is 12.8. The van der Waals surface area contributed by atoms with Crippen molar-refractivity contribution in [2.24, 2.45) is 5.92 Å². The molecule has 0 radical (unpaired) electrons. The van der Waals surface area contributed by atoms with Crippen LogP contribution in [0, 0.1) is 5.92 Å². The van der Waals surface area contributed by atoms with Gasteiger partial charge in [0, 0.05) is 37.1 Å². The molecule has 132 valence electrons. The average molecular weight is 346 g/mol. The SMILES string of the molecule is O=C(c1ccc[nH]1)N1CCC(c2ccn(CC3CC3)n2)c2ccccc21. The van der Waals surface area contributed by atoms with Crippen LogP contribution in [0.2, 0.25) is 0 Å². The highest BCUT2D eigenvalue weighted by molar-refractivity contribution is 6.05. The van der Waals surface area contributed by atoms with E-state index in [0.717, 1.165) is 30.3 Å². The fraction of sp³-hybridized carbons (Fsp3) is 0.333. The van der Waals surface area contributed by atoms with E-state index in [9.17, 15) is 4.79 Å². The molecule has 2 aliphatic rings. The van der Waals surface area contributed by atoms with E-state index < -0.39 is 0 Å². The van der Waals surface area contributed by atoms with Gasteiger partial charge in [-0.2, -0.15) is 5.10 Å². The van der Waals surface area contributed by atoms with Crippen LogP contribution in [0.3, 0.4) is 0 Å². The molecule has 5 nitrogen and oxygen atoms in total. The third kappa shape index (κ3) is 2.73. The maximum atomic E-state index is 12.9. The predicted octanol–water partition coefficient (Wildman–Crippen LogP) is 3.80. The zero-order chi connectivity index (χ0) is 17.5. The number of nitrogens with zero attached hydrogens (tertiary/aromatic N) is 3. The summed E-state index contributed by atoms with van der Waals surface area (Å²) in [6, 6.07) is 14.1. The number of benzene rings is 1. The molecule has 1 atom stereocenters. The van der Waals surface area contributed by atoms with Gasteiger partial charge in [0.15, 0.2) is 0 Å². The Morgan fingerprint density at radius 3 is 2.81 bits per heavy atom. The number of rotatable bonds is 4. The van der Waals surface area contributed by atoms with Gasteiger partial charge in [0.05, 0.1) is 5.69 Å². The van der Waals surface area contributed by atoms with E-state index in [0.29, 0.717) is 12.2 Å². The van der Waals surface area contributed by atoms with E-state index in [-0.39, 0.29) is 11.8 Å². The van der Waals surface area contributed by atoms with Gasteiger partial charge in [0.2, 0.25) is 0 Å². The summed E-state index contributed by atoms with van der Waals surface area (Å²) in [5.41, 5.74) is 3.94. The first-order valence-corrected chi connectivity index (χ1v) is 9.37. The molecule has 1 aromatic carbocycles. The molecule has 26 heavy (non-hydrogen) atoms. The van der Waals surface area contributed by atoms with Gasteiger partial charge in [0.25, 0.3) is 5.91 Å². The molecule has 1 fully saturated rings. The Morgan fingerprint density at radius 2 is 2.00 bits per heavy atom. The van der Waals surface area contributed by atoms with Crippen LogP contribution >= 0.6 is 0 Å². The van der Waals surface area contributed by atoms with Crippen molar-refractivity contribution >= 4 is 11.6 Å². The fourth-order valence-electron chi connectivity index (χ4n) is 3.92. The van der Waals surface area contributed by atoms with E-state index in [1.807, 2.05) is 29.2 Å². The number of aromatic amines is 1. The summed E-state index contributed by atoms with van der Waals surface area (Å²) >= 11 is 0. The van der Waals surface area contributed by atoms with Crippen molar-refractivity contribution in [3.8, 4) is 0 Å². The highest BCUT2D eigenvalue weighted by Gasteiger charge is 2.31. The van der Waals surface area contributed by atoms with E-state index in [2.05, 4.69) is 34.1 Å². The fourth-order valence-corrected chi connectivity index (χ4v) is 3.92. The maximum Gasteiger partial charge on any atom is 0.274 e. The van der Waals surface area contributed by atoms with Crippen molar-refractivity contribution in [1.82, 2.24) is 14.8 Å². The van der Waals surface area contributed by atoms with Gasteiger partial charge in [0.1, 0.15) is 5.69 Å². The molecular formula is C21H22N4O. The quantitative estimate of drug-likeness (QED) is 0.781. The van der Waals surface area contributed by atoms with Gasteiger partial charge in [-0.1, -0.05) is 18.2 Å². The Kier molecular flexibility index (Phi) is 3.66. The Bertz CT molecular complexity index is 923. The number of hydrogen-bond acceptors (Lipinski definition) is 2. The molecule has 1 saturated carbocycles. The smallest absolute Gasteiger partial charge is 0.274 e. The lowest BCUT2D eigenvalue weighted by Crippen LogP contribution is -2.37. The second kappa shape index (κ2) is 6.16. The number of fused-ring (bicyclic) bond motifs is 1. The van der Waals surface area contributed by atoms with Gasteiger partial charge in [-0.3, -0.25) is 9.48 Å². The number of anilines is 1. The number of carbonyl (C=O) groups is 1. The highest BCUT2D eigenvalue weighted by Crippen LogP contribution is 2.39. The predicted molar refractivity (Wildman–Crippen MR) is 100 cm³/mol. The second-order valence-corrected chi connectivity index (χ2v) is 7.35. The van der Waals surface area contributed by atoms with Crippen molar-refractivity contribution < 1.29 is 4.79 Å². The third-order valence-corrected chi connectivity index (χ3v) is 5.48. The molecule has 1 amide bonds. The van der Waals surface area contributed by atoms with Gasteiger partial charge < -0.3 is 9.88 Å². The number of amides is 1. The highest BCUT2D eigenvalue weighted by atomic mass is 16.2. The van der Waals surface area contributed by atoms with Crippen LogP contribution in [0.25, 0.3) is 0 Å². The minimum atomic E-state index is 0.0279. The first-order valence-electron chi connectivity index (χ1n) is 9.37. The van der Waals surface area contributed by atoms with E-state index in [4.69, 9.17) is 5.10 Å². The Morgan fingerprint density at radius 1 is 1.12 bits per heavy atom. The number of hydrogen-bond donors (Lipinski definition) is 1. The number of carbonyl (C=O) groups excluding carboxylic acids is 1. The summed E-state index contributed by atoms with van der Waals surface area (Å²) in [6.07, 6.45) is 7.45. The Balaban J connectivity index is 1.46. The number of aromatic nitrogens is 3. The first kappa shape index (κ1) is 15.4. The van der Waals surface area contributed by atoms with Gasteiger partial charge in [-0.25, -0.2) is 0 Å². The van der Waals surface area contributed by atoms with Crippen LogP contribution in [-0.4, -0.2) is 27.2 Å². The van der Waals surface area contributed by atoms with Gasteiger partial charge in [-0.05, 0) is 55.0 Å². The van der Waals surface area contributed by atoms with E-state index in [1.165, 1.54) is 18.4 Å². The molecule has 5 heteroatoms. The molecule has 0 bridgehead atoms. The second-order valence-electron chi connectivity index (χ2n) is 7.35. The minimum Gasteiger partial charge on any atom is -0.357 e. The Labute approximate surface area is 152 Å². The molecule has 1 aliphatic carbocycles. The standard InChI is InChI=1S/C21H22N4O/c26-21(19-5-3-11-22-19)25-13-9-16(17-4-1-2-6-20(17)25)18-10-12-24(23-18)14-15-7-8-15/h1-6,10-12,15-16,22H,7-9,13-14H2. The maximum absolute atomic E-state index is 12.9. The molecule has 1 aliphatic heterocycles. The molecule has 2 aromatic heterocycles. The van der Waals surface area contributed by atoms with E-state index in [1.54, 1.807) is 6.20 Å². The molecule has 0 saturated heterocycles. The molecule has 3 aromatic rings. The molecule has 0 spiro atoms. The molecule has 1 unspecified atom stereocenters. The summed E-state index contributed by atoms with van der Waals surface area (Å²) in [6.45, 7) is 1.74. The van der Waals surface area contributed by atoms with Crippen molar-refractivity contribution in [2.45, 2.75) is 31.7 Å². The van der Waals surface area contributed by atoms with Crippen molar-refractivity contribution in [2.75, 3.05) is 11.4 Å². The van der Waals surface area contributed by atoms with Crippen LogP contribution in [0.4, 0.5) is 5.69 Å². The summed E-state index contributed by atoms with van der Waals surface area (Å²) in [7, 11) is 0. The van der Waals surface area contributed by atoms with E-state index >= 15 is 0 Å². The van der Waals surface area contributed by atoms with Crippen LogP contribution < -0.4 is 4.90 Å². The van der Waals surface area contributed by atoms with Crippen LogP contribution in [0.5, 0.6) is 0 Å². The monoisotopic (exact) mass is 346 g/mol. The third-order valence-electron chi connectivity index (χ3n) is 5.48. The summed E-state index contributed by atoms with van der Waals surface area (Å²) in [5, 5.41) is 4.84. The van der Waals surface area contributed by atoms with Crippen LogP contribution in [0.1, 0.15) is 46.9 Å².